The summed E-state index contributed by atoms with van der Waals surface area (Å²) in [6, 6.07) is 6.91. The first-order chi connectivity index (χ1) is 10.2. The zero-order chi connectivity index (χ0) is 14.7. The van der Waals surface area contributed by atoms with Crippen LogP contribution in [0.15, 0.2) is 24.5 Å². The van der Waals surface area contributed by atoms with E-state index in [1.165, 1.54) is 38.0 Å². The minimum Gasteiger partial charge on any atom is -0.382 e. The van der Waals surface area contributed by atoms with Crippen LogP contribution in [0.2, 0.25) is 0 Å². The normalized spacial score (nSPS) is 20.2. The van der Waals surface area contributed by atoms with E-state index in [1.54, 1.807) is 11.0 Å². The monoisotopic (exact) mass is 286 g/mol. The predicted octanol–water partition coefficient (Wildman–Crippen LogP) is 1.87. The molecule has 6 heteroatoms. The summed E-state index contributed by atoms with van der Waals surface area (Å²) in [4.78, 5) is 2.41. The number of anilines is 1. The highest BCUT2D eigenvalue weighted by Gasteiger charge is 2.14. The van der Waals surface area contributed by atoms with E-state index in [0.717, 1.165) is 11.3 Å². The molecule has 3 rings (SSSR count). The van der Waals surface area contributed by atoms with Crippen molar-refractivity contribution in [3.63, 3.8) is 0 Å². The van der Waals surface area contributed by atoms with Crippen LogP contribution in [0.4, 0.5) is 5.69 Å². The van der Waals surface area contributed by atoms with Crippen molar-refractivity contribution in [3.8, 4) is 5.69 Å². The van der Waals surface area contributed by atoms with E-state index in [1.807, 2.05) is 0 Å². The first-order valence-electron chi connectivity index (χ1n) is 7.51. The third-order valence-corrected chi connectivity index (χ3v) is 4.12. The number of benzene rings is 1. The van der Waals surface area contributed by atoms with Gasteiger partial charge in [-0.15, -0.1) is 5.10 Å². The van der Waals surface area contributed by atoms with Crippen LogP contribution < -0.4 is 5.32 Å². The third-order valence-electron chi connectivity index (χ3n) is 4.12. The Morgan fingerprint density at radius 2 is 2.14 bits per heavy atom. The van der Waals surface area contributed by atoms with Gasteiger partial charge in [0.2, 0.25) is 0 Å². The van der Waals surface area contributed by atoms with Crippen molar-refractivity contribution in [1.82, 2.24) is 25.1 Å². The molecule has 0 amide bonds. The Morgan fingerprint density at radius 1 is 1.24 bits per heavy atom. The van der Waals surface area contributed by atoms with E-state index < -0.39 is 0 Å². The van der Waals surface area contributed by atoms with E-state index >= 15 is 0 Å². The fraction of sp³-hybridized carbons (Fsp3) is 0.533. The minimum atomic E-state index is 0.563. The zero-order valence-corrected chi connectivity index (χ0v) is 12.7. The van der Waals surface area contributed by atoms with Crippen LogP contribution in [-0.2, 0) is 0 Å². The summed E-state index contributed by atoms with van der Waals surface area (Å²) in [7, 11) is 2.20. The number of rotatable bonds is 3. The summed E-state index contributed by atoms with van der Waals surface area (Å²) < 4.78 is 1.69. The van der Waals surface area contributed by atoms with Gasteiger partial charge in [-0.3, -0.25) is 0 Å². The fourth-order valence-corrected chi connectivity index (χ4v) is 2.89. The van der Waals surface area contributed by atoms with Gasteiger partial charge in [-0.25, -0.2) is 4.68 Å². The molecule has 2 aromatic rings. The summed E-state index contributed by atoms with van der Waals surface area (Å²) in [5.74, 6) is 0. The van der Waals surface area contributed by atoms with Gasteiger partial charge < -0.3 is 10.2 Å². The number of hydrogen-bond acceptors (Lipinski definition) is 5. The minimum absolute atomic E-state index is 0.563. The standard InChI is InChI=1S/C15H22N6/c1-12-10-14(5-6-15(12)21-11-16-18-19-21)17-13-4-3-8-20(2)9-7-13/h5-6,10-11,13,17H,3-4,7-9H2,1-2H3. The SMILES string of the molecule is Cc1cc(NC2CCCN(C)CC2)ccc1-n1cnnn1. The molecule has 1 fully saturated rings. The molecule has 112 valence electrons. The van der Waals surface area contributed by atoms with Gasteiger partial charge in [0.15, 0.2) is 0 Å². The molecule has 1 aliphatic heterocycles. The Kier molecular flexibility index (Phi) is 4.15. The molecule has 2 heterocycles. The van der Waals surface area contributed by atoms with E-state index in [-0.39, 0.29) is 0 Å². The Morgan fingerprint density at radius 3 is 2.90 bits per heavy atom. The Balaban J connectivity index is 1.70. The van der Waals surface area contributed by atoms with Crippen LogP contribution in [0.5, 0.6) is 0 Å². The number of likely N-dealkylation sites (tertiary alicyclic amines) is 1. The average Bonchev–Trinajstić information content (AvgIpc) is 2.91. The maximum absolute atomic E-state index is 3.94. The molecule has 1 aliphatic rings. The van der Waals surface area contributed by atoms with Crippen LogP contribution in [0.25, 0.3) is 5.69 Å². The summed E-state index contributed by atoms with van der Waals surface area (Å²) in [5.41, 5.74) is 3.36. The summed E-state index contributed by atoms with van der Waals surface area (Å²) >= 11 is 0. The van der Waals surface area contributed by atoms with Gasteiger partial charge >= 0.3 is 0 Å². The van der Waals surface area contributed by atoms with Crippen molar-refractivity contribution in [1.29, 1.82) is 0 Å². The lowest BCUT2D eigenvalue weighted by Crippen LogP contribution is -2.23. The van der Waals surface area contributed by atoms with Crippen molar-refractivity contribution in [2.24, 2.45) is 0 Å². The van der Waals surface area contributed by atoms with E-state index in [0.29, 0.717) is 6.04 Å². The summed E-state index contributed by atoms with van der Waals surface area (Å²) in [5, 5.41) is 15.0. The second-order valence-corrected chi connectivity index (χ2v) is 5.83. The topological polar surface area (TPSA) is 58.9 Å². The van der Waals surface area contributed by atoms with Crippen molar-refractivity contribution in [2.45, 2.75) is 32.2 Å². The van der Waals surface area contributed by atoms with Crippen LogP contribution in [0.3, 0.4) is 0 Å². The molecule has 1 unspecified atom stereocenters. The molecule has 0 saturated carbocycles. The zero-order valence-electron chi connectivity index (χ0n) is 12.7. The van der Waals surface area contributed by atoms with E-state index in [2.05, 4.69) is 57.9 Å². The van der Waals surface area contributed by atoms with Crippen molar-refractivity contribution in [3.05, 3.63) is 30.1 Å². The Bertz CT molecular complexity index is 580. The maximum atomic E-state index is 3.94. The molecule has 21 heavy (non-hydrogen) atoms. The largest absolute Gasteiger partial charge is 0.382 e. The third kappa shape index (κ3) is 3.39. The average molecular weight is 286 g/mol. The molecule has 0 aliphatic carbocycles. The molecular weight excluding hydrogens is 264 g/mol. The molecule has 1 saturated heterocycles. The molecule has 0 radical (unpaired) electrons. The summed E-state index contributed by atoms with van der Waals surface area (Å²) in [6.07, 6.45) is 5.31. The number of nitrogens with one attached hydrogen (secondary N) is 1. The molecule has 0 bridgehead atoms. The van der Waals surface area contributed by atoms with Gasteiger partial charge in [-0.1, -0.05) is 0 Å². The lowest BCUT2D eigenvalue weighted by molar-refractivity contribution is 0.348. The number of nitrogens with zero attached hydrogens (tertiary/aromatic N) is 5. The fourth-order valence-electron chi connectivity index (χ4n) is 2.89. The number of tetrazole rings is 1. The van der Waals surface area contributed by atoms with Crippen molar-refractivity contribution in [2.75, 3.05) is 25.5 Å². The first kappa shape index (κ1) is 14.0. The van der Waals surface area contributed by atoms with Gasteiger partial charge in [0.25, 0.3) is 0 Å². The van der Waals surface area contributed by atoms with Crippen LogP contribution in [-0.4, -0.2) is 51.3 Å². The Hall–Kier alpha value is -1.95. The van der Waals surface area contributed by atoms with Crippen LogP contribution >= 0.6 is 0 Å². The second-order valence-electron chi connectivity index (χ2n) is 5.83. The van der Waals surface area contributed by atoms with E-state index in [4.69, 9.17) is 0 Å². The molecule has 1 N–H and O–H groups in total. The van der Waals surface area contributed by atoms with Gasteiger partial charge in [0, 0.05) is 11.7 Å². The summed E-state index contributed by atoms with van der Waals surface area (Å²) in [6.45, 7) is 4.46. The molecule has 1 atom stereocenters. The number of hydrogen-bond donors (Lipinski definition) is 1. The van der Waals surface area contributed by atoms with Gasteiger partial charge in [-0.05, 0) is 80.5 Å². The van der Waals surface area contributed by atoms with Gasteiger partial charge in [-0.2, -0.15) is 0 Å². The second kappa shape index (κ2) is 6.22. The van der Waals surface area contributed by atoms with Gasteiger partial charge in [0.1, 0.15) is 6.33 Å². The quantitative estimate of drug-likeness (QED) is 0.933. The van der Waals surface area contributed by atoms with Crippen LogP contribution in [0.1, 0.15) is 24.8 Å². The highest BCUT2D eigenvalue weighted by atomic mass is 15.5. The highest BCUT2D eigenvalue weighted by Crippen LogP contribution is 2.21. The maximum Gasteiger partial charge on any atom is 0.143 e. The predicted molar refractivity (Wildman–Crippen MR) is 82.6 cm³/mol. The van der Waals surface area contributed by atoms with Crippen molar-refractivity contribution < 1.29 is 0 Å². The number of aryl methyl sites for hydroxylation is 1. The van der Waals surface area contributed by atoms with Crippen LogP contribution in [0, 0.1) is 6.92 Å². The van der Waals surface area contributed by atoms with Gasteiger partial charge in [0.05, 0.1) is 5.69 Å². The molecule has 1 aromatic heterocycles. The lowest BCUT2D eigenvalue weighted by Gasteiger charge is -2.19. The molecular formula is C15H22N6. The highest BCUT2D eigenvalue weighted by molar-refractivity contribution is 5.53. The molecule has 0 spiro atoms. The van der Waals surface area contributed by atoms with E-state index in [9.17, 15) is 0 Å². The smallest absolute Gasteiger partial charge is 0.143 e. The number of aromatic nitrogens is 4. The lowest BCUT2D eigenvalue weighted by atomic mass is 10.1. The molecule has 6 nitrogen and oxygen atoms in total. The van der Waals surface area contributed by atoms with Crippen molar-refractivity contribution >= 4 is 5.69 Å². The first-order valence-corrected chi connectivity index (χ1v) is 7.51. The Labute approximate surface area is 125 Å². The molecule has 1 aromatic carbocycles.